The van der Waals surface area contributed by atoms with E-state index in [1.165, 1.54) is 25.7 Å². The molecule has 0 bridgehead atoms. The number of hydrogen-bond acceptors (Lipinski definition) is 1. The molecule has 2 rings (SSSR count). The number of amides is 1. The van der Waals surface area contributed by atoms with Crippen molar-refractivity contribution in [1.29, 1.82) is 0 Å². The number of carbonyl (C=O) groups is 1. The zero-order chi connectivity index (χ0) is 10.5. The molecule has 1 N–H and O–H groups in total. The summed E-state index contributed by atoms with van der Waals surface area (Å²) in [4.78, 5) is 11.7. The lowest BCUT2D eigenvalue weighted by Crippen LogP contribution is -2.29. The zero-order valence-corrected chi connectivity index (χ0v) is 9.04. The molecule has 15 heavy (non-hydrogen) atoms. The van der Waals surface area contributed by atoms with E-state index in [9.17, 15) is 4.79 Å². The highest BCUT2D eigenvalue weighted by Crippen LogP contribution is 2.23. The number of carbonyl (C=O) groups excluding carboxylic acids is 1. The van der Waals surface area contributed by atoms with Gasteiger partial charge in [0.2, 0.25) is 0 Å². The minimum absolute atomic E-state index is 0.0891. The third kappa shape index (κ3) is 2.95. The molecule has 1 fully saturated rings. The van der Waals surface area contributed by atoms with Gasteiger partial charge in [0.1, 0.15) is 0 Å². The van der Waals surface area contributed by atoms with Gasteiger partial charge in [0.05, 0.1) is 0 Å². The van der Waals surface area contributed by atoms with E-state index in [4.69, 9.17) is 0 Å². The number of nitrogens with one attached hydrogen (secondary N) is 1. The summed E-state index contributed by atoms with van der Waals surface area (Å²) in [5.74, 6) is 0.805. The fraction of sp³-hybridized carbons (Fsp3) is 0.538. The van der Waals surface area contributed by atoms with Crippen molar-refractivity contribution in [1.82, 2.24) is 5.32 Å². The van der Waals surface area contributed by atoms with E-state index in [1.807, 2.05) is 24.6 Å². The highest BCUT2D eigenvalue weighted by Gasteiger charge is 2.16. The fourth-order valence-corrected chi connectivity index (χ4v) is 2.24. The molecule has 2 nitrogen and oxygen atoms in total. The zero-order valence-electron chi connectivity index (χ0n) is 9.04. The van der Waals surface area contributed by atoms with Gasteiger partial charge < -0.3 is 5.32 Å². The summed E-state index contributed by atoms with van der Waals surface area (Å²) in [6, 6.07) is 0. The SMILES string of the molecule is O=C(NCC1CCCC1)C1=CC[CH]C=C1. The molecular formula is C13H18NO. The Morgan fingerprint density at radius 1 is 1.40 bits per heavy atom. The van der Waals surface area contributed by atoms with Crippen molar-refractivity contribution in [2.45, 2.75) is 32.1 Å². The number of rotatable bonds is 3. The maximum absolute atomic E-state index is 11.7. The van der Waals surface area contributed by atoms with Crippen LogP contribution in [0.25, 0.3) is 0 Å². The summed E-state index contributed by atoms with van der Waals surface area (Å²) in [6.07, 6.45) is 14.0. The molecule has 1 amide bonds. The average molecular weight is 204 g/mol. The van der Waals surface area contributed by atoms with Gasteiger partial charge in [-0.15, -0.1) is 0 Å². The maximum atomic E-state index is 11.7. The fourth-order valence-electron chi connectivity index (χ4n) is 2.24. The molecule has 2 aliphatic carbocycles. The van der Waals surface area contributed by atoms with Crippen LogP contribution < -0.4 is 5.32 Å². The van der Waals surface area contributed by atoms with Crippen molar-refractivity contribution < 1.29 is 4.79 Å². The van der Waals surface area contributed by atoms with Crippen molar-refractivity contribution in [2.75, 3.05) is 6.54 Å². The Balaban J connectivity index is 1.76. The summed E-state index contributed by atoms with van der Waals surface area (Å²) in [5, 5.41) is 3.02. The van der Waals surface area contributed by atoms with Crippen molar-refractivity contribution in [3.05, 3.63) is 30.2 Å². The normalized spacial score (nSPS) is 21.5. The third-order valence-electron chi connectivity index (χ3n) is 3.17. The first-order chi connectivity index (χ1) is 7.36. The lowest BCUT2D eigenvalue weighted by molar-refractivity contribution is -0.117. The van der Waals surface area contributed by atoms with Crippen LogP contribution in [-0.2, 0) is 4.79 Å². The largest absolute Gasteiger partial charge is 0.352 e. The monoisotopic (exact) mass is 204 g/mol. The summed E-state index contributed by atoms with van der Waals surface area (Å²) in [7, 11) is 0. The van der Waals surface area contributed by atoms with Gasteiger partial charge in [-0.3, -0.25) is 4.79 Å². The highest BCUT2D eigenvalue weighted by atomic mass is 16.1. The molecule has 0 saturated heterocycles. The summed E-state index contributed by atoms with van der Waals surface area (Å²) in [6.45, 7) is 0.855. The summed E-state index contributed by atoms with van der Waals surface area (Å²) >= 11 is 0. The standard InChI is InChI=1S/C13H18NO/c15-13(12-8-2-1-3-9-12)14-10-11-6-4-5-7-11/h1-2,8-9,11H,3-7,10H2,(H,14,15). The van der Waals surface area contributed by atoms with Crippen molar-refractivity contribution in [2.24, 2.45) is 5.92 Å². The molecule has 0 aromatic carbocycles. The van der Waals surface area contributed by atoms with Crippen LogP contribution >= 0.6 is 0 Å². The first-order valence-electron chi connectivity index (χ1n) is 5.84. The van der Waals surface area contributed by atoms with E-state index in [0.717, 1.165) is 18.5 Å². The van der Waals surface area contributed by atoms with Gasteiger partial charge >= 0.3 is 0 Å². The molecule has 0 aromatic heterocycles. The van der Waals surface area contributed by atoms with E-state index >= 15 is 0 Å². The van der Waals surface area contributed by atoms with Gasteiger partial charge in [0.25, 0.3) is 5.91 Å². The Morgan fingerprint density at radius 3 is 2.87 bits per heavy atom. The molecule has 0 unspecified atom stereocenters. The van der Waals surface area contributed by atoms with Crippen LogP contribution in [0.5, 0.6) is 0 Å². The third-order valence-corrected chi connectivity index (χ3v) is 3.17. The molecule has 1 radical (unpaired) electrons. The predicted molar refractivity (Wildman–Crippen MR) is 61.1 cm³/mol. The van der Waals surface area contributed by atoms with Crippen LogP contribution in [-0.4, -0.2) is 12.5 Å². The molecule has 0 aliphatic heterocycles. The van der Waals surface area contributed by atoms with Crippen LogP contribution in [0.2, 0.25) is 0 Å². The molecule has 0 atom stereocenters. The van der Waals surface area contributed by atoms with Crippen LogP contribution in [0, 0.1) is 12.3 Å². The van der Waals surface area contributed by atoms with E-state index in [1.54, 1.807) is 0 Å². The van der Waals surface area contributed by atoms with Gasteiger partial charge in [-0.05, 0) is 31.6 Å². The first kappa shape index (κ1) is 10.5. The second kappa shape index (κ2) is 5.15. The lowest BCUT2D eigenvalue weighted by Gasteiger charge is -2.12. The molecule has 81 valence electrons. The van der Waals surface area contributed by atoms with Crippen LogP contribution in [0.1, 0.15) is 32.1 Å². The van der Waals surface area contributed by atoms with E-state index < -0.39 is 0 Å². The van der Waals surface area contributed by atoms with Crippen LogP contribution in [0.3, 0.4) is 0 Å². The maximum Gasteiger partial charge on any atom is 0.250 e. The Kier molecular flexibility index (Phi) is 3.59. The average Bonchev–Trinajstić information content (AvgIpc) is 2.80. The van der Waals surface area contributed by atoms with E-state index in [0.29, 0.717) is 5.92 Å². The second-order valence-corrected chi connectivity index (χ2v) is 4.35. The lowest BCUT2D eigenvalue weighted by atomic mass is 10.1. The molecule has 0 spiro atoms. The van der Waals surface area contributed by atoms with Crippen molar-refractivity contribution >= 4 is 5.91 Å². The van der Waals surface area contributed by atoms with Gasteiger partial charge in [-0.25, -0.2) is 0 Å². The van der Waals surface area contributed by atoms with Gasteiger partial charge in [0, 0.05) is 12.1 Å². The molecule has 2 heteroatoms. The Bertz CT molecular complexity index is 285. The van der Waals surface area contributed by atoms with Gasteiger partial charge in [-0.1, -0.05) is 31.1 Å². The molecule has 0 aromatic rings. The Hall–Kier alpha value is -1.05. The Labute approximate surface area is 91.4 Å². The molecule has 2 aliphatic rings. The van der Waals surface area contributed by atoms with Gasteiger partial charge in [0.15, 0.2) is 0 Å². The second-order valence-electron chi connectivity index (χ2n) is 4.35. The minimum Gasteiger partial charge on any atom is -0.352 e. The molecular weight excluding hydrogens is 186 g/mol. The molecule has 1 saturated carbocycles. The first-order valence-corrected chi connectivity index (χ1v) is 5.84. The minimum atomic E-state index is 0.0891. The van der Waals surface area contributed by atoms with Crippen LogP contribution in [0.15, 0.2) is 23.8 Å². The highest BCUT2D eigenvalue weighted by molar-refractivity contribution is 5.96. The summed E-state index contributed by atoms with van der Waals surface area (Å²) < 4.78 is 0. The predicted octanol–water partition coefficient (Wildman–Crippen LogP) is 2.38. The van der Waals surface area contributed by atoms with E-state index in [-0.39, 0.29) is 5.91 Å². The number of allylic oxidation sites excluding steroid dienone is 2. The quantitative estimate of drug-likeness (QED) is 0.751. The van der Waals surface area contributed by atoms with E-state index in [2.05, 4.69) is 5.32 Å². The summed E-state index contributed by atoms with van der Waals surface area (Å²) in [5.41, 5.74) is 0.815. The Morgan fingerprint density at radius 2 is 2.20 bits per heavy atom. The number of hydrogen-bond donors (Lipinski definition) is 1. The van der Waals surface area contributed by atoms with Crippen LogP contribution in [0.4, 0.5) is 0 Å². The smallest absolute Gasteiger partial charge is 0.250 e. The molecule has 0 heterocycles. The van der Waals surface area contributed by atoms with Gasteiger partial charge in [-0.2, -0.15) is 0 Å². The van der Waals surface area contributed by atoms with Crippen molar-refractivity contribution in [3.63, 3.8) is 0 Å². The van der Waals surface area contributed by atoms with Crippen molar-refractivity contribution in [3.8, 4) is 0 Å². The topological polar surface area (TPSA) is 29.1 Å².